The van der Waals surface area contributed by atoms with Crippen LogP contribution in [0.3, 0.4) is 0 Å². The molecule has 8 heteroatoms. The highest BCUT2D eigenvalue weighted by Gasteiger charge is 2.23. The summed E-state index contributed by atoms with van der Waals surface area (Å²) >= 11 is 11.5. The molecule has 1 aliphatic rings. The van der Waals surface area contributed by atoms with Crippen LogP contribution in [0.4, 0.5) is 11.8 Å². The summed E-state index contributed by atoms with van der Waals surface area (Å²) in [7, 11) is 0. The second-order valence-electron chi connectivity index (χ2n) is 7.04. The van der Waals surface area contributed by atoms with Crippen LogP contribution >= 0.6 is 23.8 Å². The first-order valence-electron chi connectivity index (χ1n) is 8.78. The van der Waals surface area contributed by atoms with E-state index in [1.165, 1.54) is 6.42 Å². The minimum Gasteiger partial charge on any atom is -0.465 e. The molecule has 2 aromatic rings. The van der Waals surface area contributed by atoms with Gasteiger partial charge in [-0.3, -0.25) is 0 Å². The van der Waals surface area contributed by atoms with E-state index >= 15 is 0 Å². The number of anilines is 2. The van der Waals surface area contributed by atoms with Crippen molar-refractivity contribution in [1.82, 2.24) is 15.3 Å². The van der Waals surface area contributed by atoms with Gasteiger partial charge in [0.15, 0.2) is 5.11 Å². The van der Waals surface area contributed by atoms with Crippen LogP contribution in [-0.2, 0) is 6.54 Å². The van der Waals surface area contributed by atoms with E-state index in [0.717, 1.165) is 30.4 Å². The van der Waals surface area contributed by atoms with Crippen molar-refractivity contribution in [2.45, 2.75) is 33.7 Å². The number of hydrogen-bond donors (Lipinski definition) is 2. The van der Waals surface area contributed by atoms with Crippen molar-refractivity contribution in [1.29, 1.82) is 0 Å². The lowest BCUT2D eigenvalue weighted by Gasteiger charge is -2.35. The third-order valence-electron chi connectivity index (χ3n) is 4.32. The van der Waals surface area contributed by atoms with Gasteiger partial charge >= 0.3 is 0 Å². The van der Waals surface area contributed by atoms with Crippen molar-refractivity contribution in [2.24, 2.45) is 11.8 Å². The molecule has 2 atom stereocenters. The maximum atomic E-state index is 6.20. The predicted molar refractivity (Wildman–Crippen MR) is 109 cm³/mol. The predicted octanol–water partition coefficient (Wildman–Crippen LogP) is 4.00. The first-order chi connectivity index (χ1) is 12.4. The van der Waals surface area contributed by atoms with E-state index in [2.05, 4.69) is 39.3 Å². The van der Waals surface area contributed by atoms with Gasteiger partial charge in [-0.05, 0) is 49.5 Å². The molecule has 0 radical (unpaired) electrons. The quantitative estimate of drug-likeness (QED) is 0.601. The third kappa shape index (κ3) is 5.08. The lowest BCUT2D eigenvalue weighted by molar-refractivity contribution is 0.355. The van der Waals surface area contributed by atoms with Crippen LogP contribution in [0.25, 0.3) is 0 Å². The summed E-state index contributed by atoms with van der Waals surface area (Å²) in [5.41, 5.74) is 0. The minimum atomic E-state index is 0.395. The summed E-state index contributed by atoms with van der Waals surface area (Å²) < 4.78 is 5.51. The molecule has 2 N–H and O–H groups in total. The van der Waals surface area contributed by atoms with Gasteiger partial charge in [-0.15, -0.1) is 0 Å². The van der Waals surface area contributed by atoms with E-state index in [4.69, 9.17) is 28.2 Å². The fraction of sp³-hybridized carbons (Fsp3) is 0.500. The van der Waals surface area contributed by atoms with E-state index in [1.54, 1.807) is 6.07 Å². The number of aromatic nitrogens is 2. The average molecular weight is 394 g/mol. The Balaban J connectivity index is 1.64. The number of nitrogens with one attached hydrogen (secondary N) is 2. The summed E-state index contributed by atoms with van der Waals surface area (Å²) in [6, 6.07) is 5.64. The largest absolute Gasteiger partial charge is 0.465 e. The van der Waals surface area contributed by atoms with Crippen molar-refractivity contribution < 1.29 is 4.42 Å². The Bertz CT molecular complexity index is 771. The minimum absolute atomic E-state index is 0.395. The zero-order valence-electron chi connectivity index (χ0n) is 15.3. The molecule has 0 bridgehead atoms. The molecular formula is C18H24ClN5OS. The van der Waals surface area contributed by atoms with Gasteiger partial charge in [0, 0.05) is 19.2 Å². The lowest BCUT2D eigenvalue weighted by Crippen LogP contribution is -2.39. The lowest BCUT2D eigenvalue weighted by atomic mass is 9.92. The Morgan fingerprint density at radius 1 is 1.31 bits per heavy atom. The molecule has 140 valence electrons. The van der Waals surface area contributed by atoms with E-state index in [9.17, 15) is 0 Å². The standard InChI is InChI=1S/C18H24ClN5OS/c1-11-6-12(2)10-24(9-11)16-7-15(19)21-17(22-16)23-18(26)20-8-14-5-4-13(3)25-14/h4-5,7,11-12H,6,8-10H2,1-3H3,(H2,20,21,22,23,26)/t11-,12+. The van der Waals surface area contributed by atoms with E-state index in [0.29, 0.717) is 34.6 Å². The van der Waals surface area contributed by atoms with E-state index < -0.39 is 0 Å². The van der Waals surface area contributed by atoms with Crippen LogP contribution in [-0.4, -0.2) is 28.2 Å². The number of furan rings is 1. The Labute approximate surface area is 164 Å². The molecule has 1 aliphatic heterocycles. The molecule has 0 spiro atoms. The molecule has 2 aromatic heterocycles. The third-order valence-corrected chi connectivity index (χ3v) is 4.76. The Kier molecular flexibility index (Phi) is 5.98. The summed E-state index contributed by atoms with van der Waals surface area (Å²) in [5.74, 6) is 4.16. The van der Waals surface area contributed by atoms with E-state index in [-0.39, 0.29) is 0 Å². The van der Waals surface area contributed by atoms with Gasteiger partial charge in [0.25, 0.3) is 0 Å². The fourth-order valence-electron chi connectivity index (χ4n) is 3.37. The number of hydrogen-bond acceptors (Lipinski definition) is 5. The van der Waals surface area contributed by atoms with Crippen LogP contribution in [0.1, 0.15) is 31.8 Å². The van der Waals surface area contributed by atoms with Crippen molar-refractivity contribution >= 4 is 40.7 Å². The molecule has 0 amide bonds. The van der Waals surface area contributed by atoms with E-state index in [1.807, 2.05) is 19.1 Å². The van der Waals surface area contributed by atoms with Crippen molar-refractivity contribution in [3.05, 3.63) is 34.9 Å². The molecular weight excluding hydrogens is 370 g/mol. The second kappa shape index (κ2) is 8.22. The van der Waals surface area contributed by atoms with Gasteiger partial charge in [-0.25, -0.2) is 4.98 Å². The first-order valence-corrected chi connectivity index (χ1v) is 9.57. The Hall–Kier alpha value is -1.86. The van der Waals surface area contributed by atoms with Crippen molar-refractivity contribution in [3.8, 4) is 0 Å². The van der Waals surface area contributed by atoms with Gasteiger partial charge < -0.3 is 20.0 Å². The molecule has 1 fully saturated rings. The summed E-state index contributed by atoms with van der Waals surface area (Å²) in [6.07, 6.45) is 1.24. The molecule has 6 nitrogen and oxygen atoms in total. The van der Waals surface area contributed by atoms with Gasteiger partial charge in [-0.2, -0.15) is 4.98 Å². The zero-order chi connectivity index (χ0) is 18.7. The Morgan fingerprint density at radius 2 is 2.04 bits per heavy atom. The number of rotatable bonds is 4. The SMILES string of the molecule is Cc1ccc(CNC(=S)Nc2nc(Cl)cc(N3C[C@H](C)C[C@H](C)C3)n2)o1. The van der Waals surface area contributed by atoms with Gasteiger partial charge in [0.1, 0.15) is 22.5 Å². The number of thiocarbonyl (C=S) groups is 1. The second-order valence-corrected chi connectivity index (χ2v) is 7.84. The molecule has 3 heterocycles. The van der Waals surface area contributed by atoms with Gasteiger partial charge in [-0.1, -0.05) is 25.4 Å². The molecule has 0 aliphatic carbocycles. The first kappa shape index (κ1) is 18.9. The monoisotopic (exact) mass is 393 g/mol. The van der Waals surface area contributed by atoms with Crippen molar-refractivity contribution in [3.63, 3.8) is 0 Å². The molecule has 26 heavy (non-hydrogen) atoms. The fourth-order valence-corrected chi connectivity index (χ4v) is 3.71. The normalized spacial score (nSPS) is 20.1. The summed E-state index contributed by atoms with van der Waals surface area (Å²) in [4.78, 5) is 11.1. The van der Waals surface area contributed by atoms with Crippen LogP contribution in [0.15, 0.2) is 22.6 Å². The number of piperidine rings is 1. The number of halogens is 1. The average Bonchev–Trinajstić information content (AvgIpc) is 2.97. The molecule has 0 aromatic carbocycles. The maximum Gasteiger partial charge on any atom is 0.232 e. The van der Waals surface area contributed by atoms with Crippen LogP contribution < -0.4 is 15.5 Å². The summed E-state index contributed by atoms with van der Waals surface area (Å²) in [6.45, 7) is 8.87. The van der Waals surface area contributed by atoms with Gasteiger partial charge in [0.2, 0.25) is 5.95 Å². The van der Waals surface area contributed by atoms with Crippen molar-refractivity contribution in [2.75, 3.05) is 23.3 Å². The number of nitrogens with zero attached hydrogens (tertiary/aromatic N) is 3. The molecule has 1 saturated heterocycles. The van der Waals surface area contributed by atoms with Crippen LogP contribution in [0, 0.1) is 18.8 Å². The molecule has 0 unspecified atom stereocenters. The van der Waals surface area contributed by atoms with Crippen LogP contribution in [0.5, 0.6) is 0 Å². The topological polar surface area (TPSA) is 66.2 Å². The highest BCUT2D eigenvalue weighted by Crippen LogP contribution is 2.27. The summed E-state index contributed by atoms with van der Waals surface area (Å²) in [5, 5.41) is 6.91. The highest BCUT2D eigenvalue weighted by atomic mass is 35.5. The van der Waals surface area contributed by atoms with Gasteiger partial charge in [0.05, 0.1) is 6.54 Å². The smallest absolute Gasteiger partial charge is 0.232 e. The molecule has 0 saturated carbocycles. The zero-order valence-corrected chi connectivity index (χ0v) is 16.8. The highest BCUT2D eigenvalue weighted by molar-refractivity contribution is 7.80. The molecule has 3 rings (SSSR count). The number of aryl methyl sites for hydroxylation is 1. The Morgan fingerprint density at radius 3 is 2.69 bits per heavy atom. The maximum absolute atomic E-state index is 6.20. The van der Waals surface area contributed by atoms with Crippen LogP contribution in [0.2, 0.25) is 5.15 Å².